The number of rotatable bonds is 12. The maximum atomic E-state index is 17.2. The lowest BCUT2D eigenvalue weighted by atomic mass is 9.90. The van der Waals surface area contributed by atoms with Gasteiger partial charge in [0.05, 0.1) is 46.2 Å². The van der Waals surface area contributed by atoms with Crippen molar-refractivity contribution in [1.82, 2.24) is 40.4 Å². The molecule has 2 saturated carbocycles. The normalized spacial score (nSPS) is 28.0. The van der Waals surface area contributed by atoms with Crippen molar-refractivity contribution < 1.29 is 56.4 Å². The van der Waals surface area contributed by atoms with Gasteiger partial charge in [-0.2, -0.15) is 0 Å². The first-order valence-corrected chi connectivity index (χ1v) is 29.5. The van der Waals surface area contributed by atoms with Gasteiger partial charge in [-0.05, 0) is 144 Å². The average molecular weight is 1120 g/mol. The van der Waals surface area contributed by atoms with Crippen LogP contribution in [0.15, 0.2) is 36.4 Å². The van der Waals surface area contributed by atoms with E-state index < -0.39 is 71.7 Å². The Hall–Kier alpha value is -6.68. The fourth-order valence-electron chi connectivity index (χ4n) is 16.0. The number of carboxylic acid groups (broad SMARTS) is 2. The van der Waals surface area contributed by atoms with Gasteiger partial charge in [-0.15, -0.1) is 0 Å². The molecule has 6 N–H and O–H groups in total. The van der Waals surface area contributed by atoms with Crippen LogP contribution in [0.2, 0.25) is 0 Å². The topological polar surface area (TPSA) is 222 Å². The molecule has 6 saturated heterocycles. The second-order valence-electron chi connectivity index (χ2n) is 24.1. The van der Waals surface area contributed by atoms with Gasteiger partial charge in [0, 0.05) is 80.5 Å². The quantitative estimate of drug-likeness (QED) is 0.0643. The number of fused-ring (bicyclic) bond motifs is 4. The van der Waals surface area contributed by atoms with E-state index in [1.807, 2.05) is 9.80 Å². The van der Waals surface area contributed by atoms with Crippen LogP contribution < -0.4 is 20.4 Å². The van der Waals surface area contributed by atoms with Crippen LogP contribution in [0.3, 0.4) is 0 Å². The van der Waals surface area contributed by atoms with Crippen LogP contribution in [-0.2, 0) is 19.1 Å². The molecular formula is C59H70F4N10O8. The Labute approximate surface area is 465 Å². The summed E-state index contributed by atoms with van der Waals surface area (Å²) in [4.78, 5) is 77.5. The van der Waals surface area contributed by atoms with E-state index in [9.17, 15) is 29.4 Å². The van der Waals surface area contributed by atoms with Crippen molar-refractivity contribution in [2.24, 2.45) is 23.7 Å². The third kappa shape index (κ3) is 9.88. The molecule has 13 rings (SSSR count). The van der Waals surface area contributed by atoms with Gasteiger partial charge in [-0.25, -0.2) is 37.1 Å². The summed E-state index contributed by atoms with van der Waals surface area (Å²) in [5.41, 5.74) is 1.91. The van der Waals surface area contributed by atoms with Crippen LogP contribution in [0.1, 0.15) is 156 Å². The minimum Gasteiger partial charge on any atom is -0.465 e. The highest BCUT2D eigenvalue weighted by atomic mass is 19.1. The molecule has 10 atom stereocenters. The standard InChI is InChI=1S/C59H70F4N10O8/c60-37-28-43-41(64-54(66-43)49-22-32-6-4-8-45(32)72(49)56(74)51(68-58(76)77)30-12-18-80-19-13-30)26-35(37)47-10-11-48(71(47)34-24-39(62)53(40(63)25-34)70-16-2-1-3-17-70)36-27-42-44(29-38(36)61)67-55(65-42)50-23-33-7-5-9-46(33)73(50)57(75)52(69-59(78)79)31-14-20-81-21-15-31/h24-33,45-52,68-69H,1-23H2,(H,64,66)(H,65,67)(H,76,77)(H,78,79)/t32-,33-,45-,46-,47+,48+,49-,50-,51-,52-/m0/s1. The summed E-state index contributed by atoms with van der Waals surface area (Å²) in [7, 11) is 0. The molecule has 8 heterocycles. The highest BCUT2D eigenvalue weighted by molar-refractivity contribution is 5.88. The number of nitrogens with one attached hydrogen (secondary N) is 4. The summed E-state index contributed by atoms with van der Waals surface area (Å²) in [6.45, 7) is 2.67. The van der Waals surface area contributed by atoms with E-state index in [4.69, 9.17) is 19.4 Å². The Bertz CT molecular complexity index is 3040. The molecule has 0 radical (unpaired) electrons. The summed E-state index contributed by atoms with van der Waals surface area (Å²) in [6, 6.07) is 3.47. The Morgan fingerprint density at radius 2 is 0.988 bits per heavy atom. The number of benzene rings is 3. The van der Waals surface area contributed by atoms with Gasteiger partial charge in [-0.3, -0.25) is 9.59 Å². The lowest BCUT2D eigenvalue weighted by molar-refractivity contribution is -0.140. The van der Waals surface area contributed by atoms with Gasteiger partial charge in [0.2, 0.25) is 11.8 Å². The van der Waals surface area contributed by atoms with Crippen LogP contribution >= 0.6 is 0 Å². The molecule has 3 aromatic carbocycles. The number of nitrogens with zero attached hydrogens (tertiary/aromatic N) is 6. The monoisotopic (exact) mass is 1120 g/mol. The predicted octanol–water partition coefficient (Wildman–Crippen LogP) is 10.1. The number of hydrogen-bond acceptors (Lipinski definition) is 10. The van der Waals surface area contributed by atoms with E-state index in [0.717, 1.165) is 57.8 Å². The molecule has 5 aromatic rings. The average Bonchev–Trinajstić information content (AvgIpc) is 4.36. The zero-order chi connectivity index (χ0) is 55.8. The minimum atomic E-state index is -1.28. The fourth-order valence-corrected chi connectivity index (χ4v) is 16.0. The number of aromatic nitrogens is 4. The summed E-state index contributed by atoms with van der Waals surface area (Å²) in [6.07, 6.45) is 8.96. The number of likely N-dealkylation sites (tertiary alicyclic amines) is 2. The van der Waals surface area contributed by atoms with Crippen LogP contribution in [0.25, 0.3) is 22.1 Å². The molecule has 2 aromatic heterocycles. The second kappa shape index (κ2) is 21.9. The van der Waals surface area contributed by atoms with Crippen LogP contribution in [0, 0.1) is 46.9 Å². The number of aromatic amines is 2. The third-order valence-electron chi connectivity index (χ3n) is 19.7. The van der Waals surface area contributed by atoms with Gasteiger partial charge >= 0.3 is 12.2 Å². The van der Waals surface area contributed by atoms with E-state index in [-0.39, 0.29) is 82.9 Å². The highest BCUT2D eigenvalue weighted by Crippen LogP contribution is 2.53. The number of halogens is 4. The van der Waals surface area contributed by atoms with E-state index in [1.54, 1.807) is 21.9 Å². The third-order valence-corrected chi connectivity index (χ3v) is 19.7. The van der Waals surface area contributed by atoms with E-state index >= 15 is 17.6 Å². The highest BCUT2D eigenvalue weighted by Gasteiger charge is 2.52. The molecule has 432 valence electrons. The predicted molar refractivity (Wildman–Crippen MR) is 289 cm³/mol. The first kappa shape index (κ1) is 53.6. The maximum Gasteiger partial charge on any atom is 0.405 e. The number of carbonyl (C=O) groups is 4. The zero-order valence-electron chi connectivity index (χ0n) is 45.2. The molecular weight excluding hydrogens is 1050 g/mol. The molecule has 8 aliphatic rings. The Balaban J connectivity index is 0.851. The SMILES string of the molecule is O=C(O)N[C@H](C(=O)N1[C@H](c2nc3cc(F)c([C@H]4CC[C@H](c5cc6[nH]c([C@@H]7C[C@@H]8CCC[C@@H]8N7C(=O)[C@@H](NC(=O)O)C7CCOCC7)nc6cc5F)N4c4cc(F)c(N5CCCCC5)c(F)c4)cc3[nH]2)C[C@@H]2CCC[C@@H]21)C1CCOCC1. The number of carbonyl (C=O) groups excluding carboxylic acids is 2. The molecule has 22 heteroatoms. The number of piperidine rings is 1. The van der Waals surface area contributed by atoms with Gasteiger partial charge in [0.1, 0.15) is 41.1 Å². The molecule has 81 heavy (non-hydrogen) atoms. The summed E-state index contributed by atoms with van der Waals surface area (Å²) < 4.78 is 78.8. The number of imidazole rings is 2. The molecule has 0 bridgehead atoms. The van der Waals surface area contributed by atoms with Gasteiger partial charge in [0.15, 0.2) is 11.6 Å². The lowest BCUT2D eigenvalue weighted by Crippen LogP contribution is -2.54. The van der Waals surface area contributed by atoms with Crippen molar-refractivity contribution in [2.45, 2.75) is 157 Å². The number of hydrogen-bond donors (Lipinski definition) is 6. The van der Waals surface area contributed by atoms with Crippen molar-refractivity contribution in [2.75, 3.05) is 49.3 Å². The summed E-state index contributed by atoms with van der Waals surface area (Å²) >= 11 is 0. The minimum absolute atomic E-state index is 0.106. The van der Waals surface area contributed by atoms with Crippen molar-refractivity contribution in [1.29, 1.82) is 0 Å². The Kier molecular flexibility index (Phi) is 14.5. The lowest BCUT2D eigenvalue weighted by Gasteiger charge is -2.36. The van der Waals surface area contributed by atoms with Gasteiger partial charge in [-0.1, -0.05) is 12.8 Å². The molecule has 18 nitrogen and oxygen atoms in total. The first-order valence-electron chi connectivity index (χ1n) is 29.5. The van der Waals surface area contributed by atoms with Crippen LogP contribution in [0.5, 0.6) is 0 Å². The number of anilines is 2. The van der Waals surface area contributed by atoms with Crippen molar-refractivity contribution in [3.05, 3.63) is 82.4 Å². The fraction of sp³-hybridized carbons (Fsp3) is 0.593. The summed E-state index contributed by atoms with van der Waals surface area (Å²) in [5.74, 6) is -2.72. The van der Waals surface area contributed by atoms with E-state index in [0.29, 0.717) is 112 Å². The maximum absolute atomic E-state index is 17.2. The molecule has 0 unspecified atom stereocenters. The van der Waals surface area contributed by atoms with Crippen molar-refractivity contribution >= 4 is 57.4 Å². The van der Waals surface area contributed by atoms with Crippen molar-refractivity contribution in [3.63, 3.8) is 0 Å². The summed E-state index contributed by atoms with van der Waals surface area (Å²) in [5, 5.41) is 24.9. The van der Waals surface area contributed by atoms with E-state index in [2.05, 4.69) is 20.6 Å². The van der Waals surface area contributed by atoms with Gasteiger partial charge < -0.3 is 59.9 Å². The van der Waals surface area contributed by atoms with Gasteiger partial charge in [0.25, 0.3) is 0 Å². The Morgan fingerprint density at radius 3 is 1.42 bits per heavy atom. The van der Waals surface area contributed by atoms with Crippen LogP contribution in [0.4, 0.5) is 38.5 Å². The molecule has 8 fully saturated rings. The smallest absolute Gasteiger partial charge is 0.405 e. The Morgan fingerprint density at radius 1 is 0.543 bits per heavy atom. The largest absolute Gasteiger partial charge is 0.465 e. The van der Waals surface area contributed by atoms with Crippen molar-refractivity contribution in [3.8, 4) is 0 Å². The van der Waals surface area contributed by atoms with E-state index in [1.165, 1.54) is 24.3 Å². The molecule has 6 aliphatic heterocycles. The first-order chi connectivity index (χ1) is 39.3. The second-order valence-corrected chi connectivity index (χ2v) is 24.1. The molecule has 4 amide bonds. The zero-order valence-corrected chi connectivity index (χ0v) is 45.2. The number of ether oxygens (including phenoxy) is 2. The molecule has 2 aliphatic carbocycles. The molecule has 0 spiro atoms. The van der Waals surface area contributed by atoms with Crippen LogP contribution in [-0.4, -0.2) is 128 Å². The number of amides is 4. The number of H-pyrrole nitrogens is 2.